The van der Waals surface area contributed by atoms with Crippen molar-refractivity contribution in [1.29, 1.82) is 0 Å². The van der Waals surface area contributed by atoms with Gasteiger partial charge in [-0.05, 0) is 24.3 Å². The molecule has 0 atom stereocenters. The molecule has 3 nitrogen and oxygen atoms in total. The van der Waals surface area contributed by atoms with Crippen molar-refractivity contribution in [3.63, 3.8) is 0 Å². The van der Waals surface area contributed by atoms with Crippen LogP contribution in [0.1, 0.15) is 5.56 Å². The SMILES string of the molecule is O=S(=O)(NCc1ccc(F)cc1F)c1cccc(Br)c1. The number of sulfonamides is 1. The summed E-state index contributed by atoms with van der Waals surface area (Å²) in [6.45, 7) is -0.249. The van der Waals surface area contributed by atoms with Gasteiger partial charge in [0.2, 0.25) is 10.0 Å². The van der Waals surface area contributed by atoms with Gasteiger partial charge in [-0.1, -0.05) is 28.1 Å². The average molecular weight is 362 g/mol. The summed E-state index contributed by atoms with van der Waals surface area (Å²) in [6.07, 6.45) is 0. The van der Waals surface area contributed by atoms with E-state index in [1.807, 2.05) is 0 Å². The normalized spacial score (nSPS) is 11.6. The van der Waals surface area contributed by atoms with Crippen molar-refractivity contribution in [2.45, 2.75) is 11.4 Å². The largest absolute Gasteiger partial charge is 0.240 e. The van der Waals surface area contributed by atoms with Gasteiger partial charge in [0, 0.05) is 22.6 Å². The highest BCUT2D eigenvalue weighted by atomic mass is 79.9. The van der Waals surface area contributed by atoms with Gasteiger partial charge in [0.05, 0.1) is 4.90 Å². The van der Waals surface area contributed by atoms with E-state index in [-0.39, 0.29) is 17.0 Å². The minimum Gasteiger partial charge on any atom is -0.207 e. The lowest BCUT2D eigenvalue weighted by atomic mass is 10.2. The Kier molecular flexibility index (Phi) is 4.52. The summed E-state index contributed by atoms with van der Waals surface area (Å²) in [7, 11) is -3.75. The van der Waals surface area contributed by atoms with Gasteiger partial charge in [-0.3, -0.25) is 0 Å². The summed E-state index contributed by atoms with van der Waals surface area (Å²) in [6, 6.07) is 9.12. The van der Waals surface area contributed by atoms with Crippen molar-refractivity contribution in [1.82, 2.24) is 4.72 Å². The van der Waals surface area contributed by atoms with E-state index in [2.05, 4.69) is 20.7 Å². The van der Waals surface area contributed by atoms with E-state index < -0.39 is 21.7 Å². The van der Waals surface area contributed by atoms with Gasteiger partial charge in [-0.2, -0.15) is 0 Å². The second-order valence-corrected chi connectivity index (χ2v) is 6.70. The molecule has 0 radical (unpaired) electrons. The number of hydrogen-bond donors (Lipinski definition) is 1. The van der Waals surface area contributed by atoms with Crippen molar-refractivity contribution in [2.24, 2.45) is 0 Å². The molecule has 7 heteroatoms. The first-order valence-electron chi connectivity index (χ1n) is 5.58. The maximum atomic E-state index is 13.4. The minimum absolute atomic E-state index is 0.0643. The average Bonchev–Trinajstić information content (AvgIpc) is 2.37. The molecule has 0 bridgehead atoms. The highest BCUT2D eigenvalue weighted by Crippen LogP contribution is 2.17. The zero-order valence-corrected chi connectivity index (χ0v) is 12.5. The van der Waals surface area contributed by atoms with Crippen LogP contribution in [0.15, 0.2) is 51.8 Å². The molecule has 0 fully saturated rings. The van der Waals surface area contributed by atoms with Gasteiger partial charge in [0.15, 0.2) is 0 Å². The lowest BCUT2D eigenvalue weighted by Gasteiger charge is -2.08. The van der Waals surface area contributed by atoms with Crippen molar-refractivity contribution in [2.75, 3.05) is 0 Å². The molecule has 0 saturated heterocycles. The summed E-state index contributed by atoms with van der Waals surface area (Å²) in [5.41, 5.74) is 0.0740. The quantitative estimate of drug-likeness (QED) is 0.908. The molecule has 106 valence electrons. The van der Waals surface area contributed by atoms with Crippen molar-refractivity contribution < 1.29 is 17.2 Å². The third-order valence-electron chi connectivity index (χ3n) is 2.57. The second-order valence-electron chi connectivity index (χ2n) is 4.02. The topological polar surface area (TPSA) is 46.2 Å². The Morgan fingerprint density at radius 2 is 1.85 bits per heavy atom. The molecule has 0 unspecified atom stereocenters. The first-order valence-corrected chi connectivity index (χ1v) is 7.85. The molecule has 0 saturated carbocycles. The van der Waals surface area contributed by atoms with E-state index in [1.165, 1.54) is 18.2 Å². The molecule has 0 aliphatic rings. The lowest BCUT2D eigenvalue weighted by molar-refractivity contribution is 0.562. The van der Waals surface area contributed by atoms with E-state index in [9.17, 15) is 17.2 Å². The van der Waals surface area contributed by atoms with Gasteiger partial charge in [0.1, 0.15) is 11.6 Å². The molecule has 0 amide bonds. The van der Waals surface area contributed by atoms with E-state index in [4.69, 9.17) is 0 Å². The fraction of sp³-hybridized carbons (Fsp3) is 0.0769. The van der Waals surface area contributed by atoms with Gasteiger partial charge in [-0.15, -0.1) is 0 Å². The van der Waals surface area contributed by atoms with Crippen LogP contribution in [0.3, 0.4) is 0 Å². The summed E-state index contributed by atoms with van der Waals surface area (Å²) >= 11 is 3.18. The second kappa shape index (κ2) is 5.99. The van der Waals surface area contributed by atoms with E-state index in [0.29, 0.717) is 10.5 Å². The summed E-state index contributed by atoms with van der Waals surface area (Å²) < 4.78 is 53.1. The first-order chi connectivity index (χ1) is 9.38. The number of halogens is 3. The molecular formula is C13H10BrF2NO2S. The Morgan fingerprint density at radius 3 is 2.50 bits per heavy atom. The number of benzene rings is 2. The minimum atomic E-state index is -3.75. The molecule has 1 N–H and O–H groups in total. The molecule has 0 aliphatic carbocycles. The zero-order chi connectivity index (χ0) is 14.8. The van der Waals surface area contributed by atoms with E-state index in [1.54, 1.807) is 12.1 Å². The van der Waals surface area contributed by atoms with Crippen LogP contribution in [-0.2, 0) is 16.6 Å². The summed E-state index contributed by atoms with van der Waals surface area (Å²) in [5, 5.41) is 0. The maximum absolute atomic E-state index is 13.4. The van der Waals surface area contributed by atoms with Crippen molar-refractivity contribution in [3.8, 4) is 0 Å². The smallest absolute Gasteiger partial charge is 0.207 e. The Morgan fingerprint density at radius 1 is 1.10 bits per heavy atom. The number of nitrogens with one attached hydrogen (secondary N) is 1. The van der Waals surface area contributed by atoms with Gasteiger partial charge >= 0.3 is 0 Å². The highest BCUT2D eigenvalue weighted by Gasteiger charge is 2.15. The van der Waals surface area contributed by atoms with Crippen molar-refractivity contribution >= 4 is 26.0 Å². The Hall–Kier alpha value is -1.31. The van der Waals surface area contributed by atoms with Gasteiger partial charge in [0.25, 0.3) is 0 Å². The predicted molar refractivity (Wildman–Crippen MR) is 74.5 cm³/mol. The van der Waals surface area contributed by atoms with Crippen LogP contribution in [0.25, 0.3) is 0 Å². The molecule has 20 heavy (non-hydrogen) atoms. The van der Waals surface area contributed by atoms with Crippen LogP contribution in [0, 0.1) is 11.6 Å². The summed E-state index contributed by atoms with van der Waals surface area (Å²) in [4.78, 5) is 0.0643. The van der Waals surface area contributed by atoms with Crippen LogP contribution < -0.4 is 4.72 Å². The van der Waals surface area contributed by atoms with Crippen LogP contribution in [0.4, 0.5) is 8.78 Å². The fourth-order valence-electron chi connectivity index (χ4n) is 1.56. The molecule has 2 aromatic carbocycles. The molecule has 0 aliphatic heterocycles. The van der Waals surface area contributed by atoms with Crippen LogP contribution in [0.5, 0.6) is 0 Å². The highest BCUT2D eigenvalue weighted by molar-refractivity contribution is 9.10. The first kappa shape index (κ1) is 15.1. The molecule has 0 heterocycles. The lowest BCUT2D eigenvalue weighted by Crippen LogP contribution is -2.23. The van der Waals surface area contributed by atoms with Gasteiger partial charge < -0.3 is 0 Å². The van der Waals surface area contributed by atoms with Crippen LogP contribution >= 0.6 is 15.9 Å². The number of rotatable bonds is 4. The maximum Gasteiger partial charge on any atom is 0.240 e. The fourth-order valence-corrected chi connectivity index (χ4v) is 3.16. The monoisotopic (exact) mass is 361 g/mol. The molecule has 0 aromatic heterocycles. The zero-order valence-electron chi connectivity index (χ0n) is 10.1. The van der Waals surface area contributed by atoms with E-state index in [0.717, 1.165) is 6.07 Å². The Balaban J connectivity index is 2.17. The Labute approximate surface area is 123 Å². The molecular weight excluding hydrogens is 352 g/mol. The third-order valence-corrected chi connectivity index (χ3v) is 4.47. The summed E-state index contributed by atoms with van der Waals surface area (Å²) in [5.74, 6) is -1.50. The molecule has 2 aromatic rings. The standard InChI is InChI=1S/C13H10BrF2NO2S/c14-10-2-1-3-12(6-10)20(18,19)17-8-9-4-5-11(15)7-13(9)16/h1-7,17H,8H2. The third kappa shape index (κ3) is 3.62. The van der Waals surface area contributed by atoms with E-state index >= 15 is 0 Å². The Bertz CT molecular complexity index is 735. The molecule has 2 rings (SSSR count). The van der Waals surface area contributed by atoms with Crippen LogP contribution in [-0.4, -0.2) is 8.42 Å². The van der Waals surface area contributed by atoms with Crippen molar-refractivity contribution in [3.05, 3.63) is 64.1 Å². The molecule has 0 spiro atoms. The predicted octanol–water partition coefficient (Wildman–Crippen LogP) is 3.21. The van der Waals surface area contributed by atoms with Crippen LogP contribution in [0.2, 0.25) is 0 Å². The number of hydrogen-bond acceptors (Lipinski definition) is 2. The van der Waals surface area contributed by atoms with Gasteiger partial charge in [-0.25, -0.2) is 21.9 Å².